The first-order valence-electron chi connectivity index (χ1n) is 6.48. The monoisotopic (exact) mass is 310 g/mol. The molecule has 0 aliphatic heterocycles. The van der Waals surface area contributed by atoms with Crippen molar-refractivity contribution in [2.45, 2.75) is 6.42 Å². The Kier molecular flexibility index (Phi) is 6.19. The molecule has 0 saturated heterocycles. The van der Waals surface area contributed by atoms with Crippen molar-refractivity contribution in [3.8, 4) is 5.95 Å². The summed E-state index contributed by atoms with van der Waals surface area (Å²) in [6.45, 7) is 0.940. The second-order valence-electron chi connectivity index (χ2n) is 3.99. The smallest absolute Gasteiger partial charge is 0.257 e. The van der Waals surface area contributed by atoms with Crippen molar-refractivity contribution in [3.05, 3.63) is 18.5 Å². The van der Waals surface area contributed by atoms with E-state index in [2.05, 4.69) is 30.8 Å². The molecular formula is C11H18N8OS. The Hall–Kier alpha value is -1.91. The van der Waals surface area contributed by atoms with Crippen molar-refractivity contribution in [1.82, 2.24) is 24.7 Å². The van der Waals surface area contributed by atoms with Crippen LogP contribution in [0.2, 0.25) is 0 Å². The summed E-state index contributed by atoms with van der Waals surface area (Å²) in [5.41, 5.74) is 2.41. The van der Waals surface area contributed by atoms with Crippen molar-refractivity contribution in [3.63, 3.8) is 0 Å². The zero-order chi connectivity index (χ0) is 14.9. The summed E-state index contributed by atoms with van der Waals surface area (Å²) in [6, 6.07) is 1.78. The highest BCUT2D eigenvalue weighted by atomic mass is 32.2. The van der Waals surface area contributed by atoms with E-state index < -0.39 is 0 Å². The zero-order valence-electron chi connectivity index (χ0n) is 11.4. The third-order valence-electron chi connectivity index (χ3n) is 2.44. The zero-order valence-corrected chi connectivity index (χ0v) is 12.3. The standard InChI is InChI=1S/C11H18N8OS/c12-18-10-15-9(13-4-8-21-7-2-6-20)16-11(17-10)19-5-1-3-14-19/h1,3,5,20H,2,4,6-8,12H2,(H2,13,15,16,17,18). The minimum absolute atomic E-state index is 0.229. The van der Waals surface area contributed by atoms with Crippen LogP contribution in [0.4, 0.5) is 11.9 Å². The van der Waals surface area contributed by atoms with Crippen molar-refractivity contribution in [2.24, 2.45) is 5.84 Å². The number of hydrogen-bond acceptors (Lipinski definition) is 9. The molecule has 0 aliphatic carbocycles. The number of thioether (sulfide) groups is 1. The van der Waals surface area contributed by atoms with E-state index in [1.165, 1.54) is 4.68 Å². The lowest BCUT2D eigenvalue weighted by Crippen LogP contribution is -2.17. The van der Waals surface area contributed by atoms with Gasteiger partial charge >= 0.3 is 0 Å². The fourth-order valence-electron chi connectivity index (χ4n) is 1.50. The molecule has 10 heteroatoms. The first-order valence-corrected chi connectivity index (χ1v) is 7.64. The molecule has 9 nitrogen and oxygen atoms in total. The first-order chi connectivity index (χ1) is 10.3. The van der Waals surface area contributed by atoms with Gasteiger partial charge in [0.25, 0.3) is 5.95 Å². The van der Waals surface area contributed by atoms with Crippen LogP contribution in [0, 0.1) is 0 Å². The molecule has 5 N–H and O–H groups in total. The van der Waals surface area contributed by atoms with Gasteiger partial charge in [-0.1, -0.05) is 0 Å². The number of hydrogen-bond donors (Lipinski definition) is 4. The van der Waals surface area contributed by atoms with Gasteiger partial charge in [-0.15, -0.1) is 0 Å². The van der Waals surface area contributed by atoms with Gasteiger partial charge in [0.05, 0.1) is 0 Å². The number of hydrazine groups is 1. The molecular weight excluding hydrogens is 292 g/mol. The molecule has 0 bridgehead atoms. The summed E-state index contributed by atoms with van der Waals surface area (Å²) >= 11 is 1.76. The van der Waals surface area contributed by atoms with Crippen LogP contribution in [0.3, 0.4) is 0 Å². The Morgan fingerprint density at radius 1 is 1.24 bits per heavy atom. The van der Waals surface area contributed by atoms with Crippen LogP contribution in [0.25, 0.3) is 5.95 Å². The largest absolute Gasteiger partial charge is 0.396 e. The molecule has 21 heavy (non-hydrogen) atoms. The average molecular weight is 310 g/mol. The predicted molar refractivity (Wildman–Crippen MR) is 82.3 cm³/mol. The van der Waals surface area contributed by atoms with E-state index >= 15 is 0 Å². The topological polar surface area (TPSA) is 127 Å². The fraction of sp³-hybridized carbons (Fsp3) is 0.455. The Bertz CT molecular complexity index is 535. The molecule has 0 fully saturated rings. The fourth-order valence-corrected chi connectivity index (χ4v) is 2.29. The number of rotatable bonds is 9. The molecule has 114 valence electrons. The van der Waals surface area contributed by atoms with E-state index in [0.29, 0.717) is 18.4 Å². The maximum absolute atomic E-state index is 8.70. The molecule has 0 unspecified atom stereocenters. The van der Waals surface area contributed by atoms with Crippen LogP contribution in [0.15, 0.2) is 18.5 Å². The molecule has 0 amide bonds. The molecule has 2 aromatic rings. The number of aliphatic hydroxyl groups is 1. The van der Waals surface area contributed by atoms with Crippen LogP contribution < -0.4 is 16.6 Å². The lowest BCUT2D eigenvalue weighted by Gasteiger charge is -2.08. The Balaban J connectivity index is 1.94. The summed E-state index contributed by atoms with van der Waals surface area (Å²) in [4.78, 5) is 12.5. The van der Waals surface area contributed by atoms with Crippen molar-refractivity contribution in [2.75, 3.05) is 35.4 Å². The molecule has 0 aromatic carbocycles. The summed E-state index contributed by atoms with van der Waals surface area (Å²) < 4.78 is 1.53. The van der Waals surface area contributed by atoms with E-state index in [-0.39, 0.29) is 12.6 Å². The van der Waals surface area contributed by atoms with Gasteiger partial charge in [0.2, 0.25) is 11.9 Å². The molecule has 2 heterocycles. The molecule has 0 radical (unpaired) electrons. The number of nitrogen functional groups attached to an aromatic ring is 1. The van der Waals surface area contributed by atoms with Gasteiger partial charge in [-0.05, 0) is 18.2 Å². The highest BCUT2D eigenvalue weighted by Gasteiger charge is 2.07. The maximum Gasteiger partial charge on any atom is 0.257 e. The molecule has 0 saturated carbocycles. The van der Waals surface area contributed by atoms with E-state index in [1.54, 1.807) is 30.2 Å². The molecule has 0 spiro atoms. The van der Waals surface area contributed by atoms with Crippen molar-refractivity contribution < 1.29 is 5.11 Å². The summed E-state index contributed by atoms with van der Waals surface area (Å²) in [6.07, 6.45) is 4.19. The minimum atomic E-state index is 0.229. The van der Waals surface area contributed by atoms with Crippen LogP contribution in [-0.4, -0.2) is 54.5 Å². The molecule has 2 aromatic heterocycles. The SMILES string of the molecule is NNc1nc(NCCSCCCO)nc(-n2cccn2)n1. The lowest BCUT2D eigenvalue weighted by molar-refractivity contribution is 0.296. The second-order valence-corrected chi connectivity index (χ2v) is 5.22. The van der Waals surface area contributed by atoms with Gasteiger partial charge < -0.3 is 10.4 Å². The van der Waals surface area contributed by atoms with E-state index in [4.69, 9.17) is 10.9 Å². The molecule has 0 aliphatic rings. The van der Waals surface area contributed by atoms with Gasteiger partial charge in [-0.25, -0.2) is 10.5 Å². The number of aromatic nitrogens is 5. The highest BCUT2D eigenvalue weighted by molar-refractivity contribution is 7.99. The second kappa shape index (κ2) is 8.39. The number of nitrogens with zero attached hydrogens (tertiary/aromatic N) is 5. The minimum Gasteiger partial charge on any atom is -0.396 e. The molecule has 0 atom stereocenters. The highest BCUT2D eigenvalue weighted by Crippen LogP contribution is 2.08. The van der Waals surface area contributed by atoms with Crippen molar-refractivity contribution in [1.29, 1.82) is 0 Å². The van der Waals surface area contributed by atoms with Gasteiger partial charge in [0.15, 0.2) is 0 Å². The van der Waals surface area contributed by atoms with Gasteiger partial charge in [0, 0.05) is 31.3 Å². The van der Waals surface area contributed by atoms with Crippen molar-refractivity contribution >= 4 is 23.7 Å². The van der Waals surface area contributed by atoms with Gasteiger partial charge in [0.1, 0.15) is 0 Å². The summed E-state index contributed by atoms with van der Waals surface area (Å²) in [7, 11) is 0. The number of nitrogens with one attached hydrogen (secondary N) is 2. The molecule has 2 rings (SSSR count). The van der Waals surface area contributed by atoms with Crippen LogP contribution in [0.1, 0.15) is 6.42 Å². The Morgan fingerprint density at radius 3 is 2.81 bits per heavy atom. The lowest BCUT2D eigenvalue weighted by atomic mass is 10.5. The quantitative estimate of drug-likeness (QED) is 0.284. The number of nitrogens with two attached hydrogens (primary N) is 1. The van der Waals surface area contributed by atoms with Crippen LogP contribution >= 0.6 is 11.8 Å². The van der Waals surface area contributed by atoms with Gasteiger partial charge in [-0.2, -0.15) is 31.8 Å². The third kappa shape index (κ3) is 4.85. The number of aliphatic hydroxyl groups excluding tert-OH is 1. The Labute approximate surface area is 126 Å². The van der Waals surface area contributed by atoms with E-state index in [9.17, 15) is 0 Å². The Morgan fingerprint density at radius 2 is 2.10 bits per heavy atom. The van der Waals surface area contributed by atoms with Crippen LogP contribution in [0.5, 0.6) is 0 Å². The normalized spacial score (nSPS) is 10.6. The predicted octanol–water partition coefficient (Wildman–Crippen LogP) is -0.130. The number of anilines is 2. The van der Waals surface area contributed by atoms with E-state index in [0.717, 1.165) is 17.9 Å². The maximum atomic E-state index is 8.70. The summed E-state index contributed by atoms with van der Waals surface area (Å²) in [5.74, 6) is 8.29. The van der Waals surface area contributed by atoms with E-state index in [1.807, 2.05) is 0 Å². The third-order valence-corrected chi connectivity index (χ3v) is 3.51. The van der Waals surface area contributed by atoms with Gasteiger partial charge in [-0.3, -0.25) is 5.43 Å². The first kappa shape index (κ1) is 15.5. The van der Waals surface area contributed by atoms with Crippen LogP contribution in [-0.2, 0) is 0 Å². The average Bonchev–Trinajstić information content (AvgIpc) is 3.05. The summed E-state index contributed by atoms with van der Waals surface area (Å²) in [5, 5.41) is 15.9.